The number of benzene rings is 2. The summed E-state index contributed by atoms with van der Waals surface area (Å²) in [5.74, 6) is -0.615. The Morgan fingerprint density at radius 3 is 2.33 bits per heavy atom. The molecule has 2 fully saturated rings. The molecule has 0 heterocycles. The monoisotopic (exact) mass is 429 g/mol. The first kappa shape index (κ1) is 20.4. The molecule has 9 heteroatoms. The van der Waals surface area contributed by atoms with Gasteiger partial charge in [-0.05, 0) is 56.0 Å². The fraction of sp³-hybridized carbons (Fsp3) is 0.333. The lowest BCUT2D eigenvalue weighted by Crippen LogP contribution is -2.27. The summed E-state index contributed by atoms with van der Waals surface area (Å²) in [7, 11) is -2.44. The SMILES string of the molecule is COc1ccc(C(=O)Nc2ccccc2C(=O)NC2CC2)cc1S(=O)(=O)NC1CC1. The number of carbonyl (C=O) groups excluding carboxylic acids is 2. The van der Waals surface area contributed by atoms with Crippen LogP contribution in [0.4, 0.5) is 5.69 Å². The fourth-order valence-electron chi connectivity index (χ4n) is 2.99. The molecule has 8 nitrogen and oxygen atoms in total. The highest BCUT2D eigenvalue weighted by molar-refractivity contribution is 7.89. The molecular weight excluding hydrogens is 406 g/mol. The summed E-state index contributed by atoms with van der Waals surface area (Å²) in [6.07, 6.45) is 3.50. The van der Waals surface area contributed by atoms with Gasteiger partial charge in [-0.2, -0.15) is 0 Å². The Bertz CT molecular complexity index is 1090. The Kier molecular flexibility index (Phi) is 5.48. The molecule has 2 aliphatic carbocycles. The van der Waals surface area contributed by atoms with Gasteiger partial charge in [0.2, 0.25) is 10.0 Å². The molecular formula is C21H23N3O5S. The van der Waals surface area contributed by atoms with E-state index in [1.807, 2.05) is 0 Å². The second-order valence-corrected chi connectivity index (χ2v) is 9.19. The average Bonchev–Trinajstić information content (AvgIpc) is 3.65. The van der Waals surface area contributed by atoms with E-state index >= 15 is 0 Å². The van der Waals surface area contributed by atoms with E-state index in [0.717, 1.165) is 25.7 Å². The van der Waals surface area contributed by atoms with Gasteiger partial charge < -0.3 is 15.4 Å². The zero-order valence-electron chi connectivity index (χ0n) is 16.5. The van der Waals surface area contributed by atoms with Crippen molar-refractivity contribution in [2.45, 2.75) is 42.7 Å². The first-order valence-corrected chi connectivity index (χ1v) is 11.3. The van der Waals surface area contributed by atoms with E-state index in [-0.39, 0.29) is 34.2 Å². The third kappa shape index (κ3) is 4.63. The van der Waals surface area contributed by atoms with E-state index in [4.69, 9.17) is 4.74 Å². The molecule has 2 amide bonds. The van der Waals surface area contributed by atoms with Gasteiger partial charge >= 0.3 is 0 Å². The highest BCUT2D eigenvalue weighted by atomic mass is 32.2. The third-order valence-electron chi connectivity index (χ3n) is 4.95. The predicted molar refractivity (Wildman–Crippen MR) is 111 cm³/mol. The number of nitrogens with one attached hydrogen (secondary N) is 3. The van der Waals surface area contributed by atoms with Crippen LogP contribution in [0.1, 0.15) is 46.4 Å². The number of methoxy groups -OCH3 is 1. The molecule has 0 bridgehead atoms. The van der Waals surface area contributed by atoms with Gasteiger partial charge in [0, 0.05) is 17.6 Å². The predicted octanol–water partition coefficient (Wildman–Crippen LogP) is 2.28. The van der Waals surface area contributed by atoms with E-state index in [1.54, 1.807) is 24.3 Å². The zero-order chi connectivity index (χ0) is 21.3. The fourth-order valence-corrected chi connectivity index (χ4v) is 4.49. The number of ether oxygens (including phenoxy) is 1. The summed E-state index contributed by atoms with van der Waals surface area (Å²) in [5.41, 5.74) is 0.857. The number of sulfonamides is 1. The molecule has 0 unspecified atom stereocenters. The van der Waals surface area contributed by atoms with Gasteiger partial charge in [0.1, 0.15) is 10.6 Å². The molecule has 4 rings (SSSR count). The Morgan fingerprint density at radius 2 is 1.67 bits per heavy atom. The number of anilines is 1. The number of carbonyl (C=O) groups is 2. The maximum Gasteiger partial charge on any atom is 0.255 e. The van der Waals surface area contributed by atoms with Crippen LogP contribution in [0.2, 0.25) is 0 Å². The zero-order valence-corrected chi connectivity index (χ0v) is 17.3. The minimum atomic E-state index is -3.82. The Hall–Kier alpha value is -2.91. The van der Waals surface area contributed by atoms with Crippen LogP contribution in [0, 0.1) is 0 Å². The molecule has 2 aliphatic rings. The summed E-state index contributed by atoms with van der Waals surface area (Å²) in [6.45, 7) is 0. The molecule has 0 aromatic heterocycles. The van der Waals surface area contributed by atoms with E-state index in [1.165, 1.54) is 25.3 Å². The van der Waals surface area contributed by atoms with Crippen LogP contribution < -0.4 is 20.1 Å². The van der Waals surface area contributed by atoms with Crippen molar-refractivity contribution in [1.82, 2.24) is 10.0 Å². The van der Waals surface area contributed by atoms with Crippen LogP contribution in [0.25, 0.3) is 0 Å². The van der Waals surface area contributed by atoms with Crippen LogP contribution >= 0.6 is 0 Å². The van der Waals surface area contributed by atoms with Crippen molar-refractivity contribution in [3.63, 3.8) is 0 Å². The number of para-hydroxylation sites is 1. The molecule has 2 saturated carbocycles. The standard InChI is InChI=1S/C21H23N3O5S/c1-29-18-11-6-13(12-19(18)30(27,28)24-15-9-10-15)20(25)23-17-5-3-2-4-16(17)21(26)22-14-7-8-14/h2-6,11-12,14-15,24H,7-10H2,1H3,(H,22,26)(H,23,25). The molecule has 2 aromatic rings. The second-order valence-electron chi connectivity index (χ2n) is 7.51. The van der Waals surface area contributed by atoms with Gasteiger partial charge in [-0.3, -0.25) is 9.59 Å². The summed E-state index contributed by atoms with van der Waals surface area (Å²) in [6, 6.07) is 11.0. The maximum absolute atomic E-state index is 12.8. The van der Waals surface area contributed by atoms with Gasteiger partial charge in [-0.15, -0.1) is 0 Å². The molecule has 30 heavy (non-hydrogen) atoms. The average molecular weight is 429 g/mol. The van der Waals surface area contributed by atoms with Crippen molar-refractivity contribution in [3.8, 4) is 5.75 Å². The van der Waals surface area contributed by atoms with Gasteiger partial charge in [0.25, 0.3) is 11.8 Å². The van der Waals surface area contributed by atoms with Crippen molar-refractivity contribution in [2.24, 2.45) is 0 Å². The van der Waals surface area contributed by atoms with Crippen LogP contribution in [-0.4, -0.2) is 39.4 Å². The summed E-state index contributed by atoms with van der Waals surface area (Å²) < 4.78 is 33.1. The quantitative estimate of drug-likeness (QED) is 0.596. The van der Waals surface area contributed by atoms with E-state index in [2.05, 4.69) is 15.4 Å². The largest absolute Gasteiger partial charge is 0.495 e. The number of hydrogen-bond donors (Lipinski definition) is 3. The van der Waals surface area contributed by atoms with Crippen LogP contribution in [0.15, 0.2) is 47.4 Å². The highest BCUT2D eigenvalue weighted by Crippen LogP contribution is 2.29. The lowest BCUT2D eigenvalue weighted by molar-refractivity contribution is 0.0952. The summed E-state index contributed by atoms with van der Waals surface area (Å²) in [5, 5.41) is 5.61. The molecule has 0 spiro atoms. The molecule has 3 N–H and O–H groups in total. The summed E-state index contributed by atoms with van der Waals surface area (Å²) in [4.78, 5) is 25.2. The Morgan fingerprint density at radius 1 is 0.967 bits per heavy atom. The molecule has 0 atom stereocenters. The molecule has 2 aromatic carbocycles. The summed E-state index contributed by atoms with van der Waals surface area (Å²) >= 11 is 0. The number of amides is 2. The maximum atomic E-state index is 12.8. The second kappa shape index (κ2) is 8.08. The van der Waals surface area contributed by atoms with Crippen molar-refractivity contribution >= 4 is 27.5 Å². The van der Waals surface area contributed by atoms with Gasteiger partial charge in [-0.1, -0.05) is 12.1 Å². The van der Waals surface area contributed by atoms with Gasteiger partial charge in [-0.25, -0.2) is 13.1 Å². The Balaban J connectivity index is 1.58. The van der Waals surface area contributed by atoms with Crippen LogP contribution in [-0.2, 0) is 10.0 Å². The first-order valence-electron chi connectivity index (χ1n) is 9.79. The van der Waals surface area contributed by atoms with Crippen LogP contribution in [0.5, 0.6) is 5.75 Å². The molecule has 0 saturated heterocycles. The van der Waals surface area contributed by atoms with Crippen molar-refractivity contribution in [1.29, 1.82) is 0 Å². The molecule has 0 aliphatic heterocycles. The van der Waals surface area contributed by atoms with Crippen molar-refractivity contribution in [3.05, 3.63) is 53.6 Å². The van der Waals surface area contributed by atoms with Crippen molar-refractivity contribution < 1.29 is 22.7 Å². The highest BCUT2D eigenvalue weighted by Gasteiger charge is 2.30. The third-order valence-corrected chi connectivity index (χ3v) is 6.49. The minimum absolute atomic E-state index is 0.0750. The first-order chi connectivity index (χ1) is 14.4. The van der Waals surface area contributed by atoms with Crippen LogP contribution in [0.3, 0.4) is 0 Å². The topological polar surface area (TPSA) is 114 Å². The Labute approximate surface area is 175 Å². The minimum Gasteiger partial charge on any atom is -0.495 e. The number of hydrogen-bond acceptors (Lipinski definition) is 5. The molecule has 158 valence electrons. The van der Waals surface area contributed by atoms with Gasteiger partial charge in [0.15, 0.2) is 0 Å². The number of rotatable bonds is 8. The van der Waals surface area contributed by atoms with E-state index in [0.29, 0.717) is 11.3 Å². The molecule has 0 radical (unpaired) electrons. The normalized spacial score (nSPS) is 16.0. The smallest absolute Gasteiger partial charge is 0.255 e. The lowest BCUT2D eigenvalue weighted by atomic mass is 10.1. The van der Waals surface area contributed by atoms with Crippen molar-refractivity contribution in [2.75, 3.05) is 12.4 Å². The van der Waals surface area contributed by atoms with Gasteiger partial charge in [0.05, 0.1) is 18.4 Å². The van der Waals surface area contributed by atoms with E-state index < -0.39 is 15.9 Å². The lowest BCUT2D eigenvalue weighted by Gasteiger charge is -2.14. The van der Waals surface area contributed by atoms with E-state index in [9.17, 15) is 18.0 Å².